The van der Waals surface area contributed by atoms with Crippen LogP contribution in [0.4, 0.5) is 5.69 Å². The van der Waals surface area contributed by atoms with Crippen molar-refractivity contribution in [1.29, 1.82) is 5.26 Å². The van der Waals surface area contributed by atoms with Crippen molar-refractivity contribution < 1.29 is 4.42 Å². The summed E-state index contributed by atoms with van der Waals surface area (Å²) in [5.41, 5.74) is 10.9. The van der Waals surface area contributed by atoms with E-state index in [1.807, 2.05) is 54.6 Å². The molecule has 56 heavy (non-hydrogen) atoms. The lowest BCUT2D eigenvalue weighted by Gasteiger charge is -2.16. The summed E-state index contributed by atoms with van der Waals surface area (Å²) in [5, 5.41) is 19.6. The average Bonchev–Trinajstić information content (AvgIpc) is 3.99. The molecule has 0 N–H and O–H groups in total. The van der Waals surface area contributed by atoms with Crippen LogP contribution in [0.15, 0.2) is 168 Å². The quantitative estimate of drug-likeness (QED) is 0.171. The lowest BCUT2D eigenvalue weighted by atomic mass is 10.1. The summed E-state index contributed by atoms with van der Waals surface area (Å²) < 4.78 is 13.1. The third kappa shape index (κ3) is 3.97. The summed E-state index contributed by atoms with van der Waals surface area (Å²) in [6.45, 7) is 8.55. The van der Waals surface area contributed by atoms with Crippen LogP contribution < -0.4 is 0 Å². The second-order valence-corrected chi connectivity index (χ2v) is 14.3. The molecule has 0 bridgehead atoms. The number of furan rings is 1. The molecular formula is C50H27N5O. The standard InChI is InChI=1S/C50H27N5O/c1-52-40-28-32(54-44-20-10-5-16-38(44)48-46(54)25-23-37-36-15-6-11-21-47(36)56-50(37)48)26-30(29-51)49(40)55-43-19-9-4-14-35(43)39-27-31(22-24-45(39)55)53-41-17-7-2-12-33(41)34-13-3-8-18-42(34)53/h2-28H. The lowest BCUT2D eigenvalue weighted by Crippen LogP contribution is -2.02. The molecule has 4 heterocycles. The van der Waals surface area contributed by atoms with Crippen molar-refractivity contribution in [2.24, 2.45) is 0 Å². The van der Waals surface area contributed by atoms with Gasteiger partial charge in [0.15, 0.2) is 0 Å². The van der Waals surface area contributed by atoms with E-state index in [0.717, 1.165) is 88.0 Å². The lowest BCUT2D eigenvalue weighted by molar-refractivity contribution is 0.673. The van der Waals surface area contributed by atoms with Gasteiger partial charge in [0.05, 0.1) is 56.3 Å². The van der Waals surface area contributed by atoms with Crippen molar-refractivity contribution in [1.82, 2.24) is 13.7 Å². The highest BCUT2D eigenvalue weighted by molar-refractivity contribution is 6.24. The SMILES string of the molecule is [C-]#[N+]c1cc(-n2c3ccccc3c3c4oc5ccccc5c4ccc32)cc(C#N)c1-n1c2ccccc2c2cc(-n3c4ccccc4c4ccccc43)ccc21. The van der Waals surface area contributed by atoms with Crippen LogP contribution in [0.2, 0.25) is 0 Å². The van der Waals surface area contributed by atoms with Crippen LogP contribution in [0.25, 0.3) is 109 Å². The third-order valence-electron chi connectivity index (χ3n) is 11.5. The van der Waals surface area contributed by atoms with E-state index in [9.17, 15) is 5.26 Å². The highest BCUT2D eigenvalue weighted by Gasteiger charge is 2.23. The third-order valence-corrected chi connectivity index (χ3v) is 11.5. The van der Waals surface area contributed by atoms with Crippen molar-refractivity contribution in [2.75, 3.05) is 0 Å². The van der Waals surface area contributed by atoms with Gasteiger partial charge >= 0.3 is 0 Å². The van der Waals surface area contributed by atoms with Gasteiger partial charge in [0.2, 0.25) is 5.69 Å². The van der Waals surface area contributed by atoms with Gasteiger partial charge < -0.3 is 18.1 Å². The van der Waals surface area contributed by atoms with Crippen LogP contribution in [-0.4, -0.2) is 13.7 Å². The van der Waals surface area contributed by atoms with E-state index in [2.05, 4.69) is 134 Å². The van der Waals surface area contributed by atoms with Crippen molar-refractivity contribution in [2.45, 2.75) is 0 Å². The zero-order valence-electron chi connectivity index (χ0n) is 29.7. The molecule has 0 aliphatic carbocycles. The number of fused-ring (bicyclic) bond motifs is 13. The fourth-order valence-electron chi connectivity index (χ4n) is 9.19. The van der Waals surface area contributed by atoms with Crippen molar-refractivity contribution in [3.05, 3.63) is 181 Å². The largest absolute Gasteiger partial charge is 0.455 e. The van der Waals surface area contributed by atoms with Crippen molar-refractivity contribution in [3.8, 4) is 23.1 Å². The fraction of sp³-hybridized carbons (Fsp3) is 0. The Labute approximate surface area is 319 Å². The molecule has 12 aromatic rings. The number of nitrogens with zero attached hydrogens (tertiary/aromatic N) is 5. The molecule has 0 amide bonds. The monoisotopic (exact) mass is 713 g/mol. The summed E-state index contributed by atoms with van der Waals surface area (Å²) in [4.78, 5) is 4.13. The number of hydrogen-bond acceptors (Lipinski definition) is 2. The minimum absolute atomic E-state index is 0.393. The normalized spacial score (nSPS) is 11.9. The van der Waals surface area contributed by atoms with Gasteiger partial charge in [0.1, 0.15) is 17.2 Å². The molecule has 8 aromatic carbocycles. The second-order valence-electron chi connectivity index (χ2n) is 14.3. The molecule has 0 aliphatic rings. The molecule has 0 unspecified atom stereocenters. The van der Waals surface area contributed by atoms with E-state index < -0.39 is 0 Å². The van der Waals surface area contributed by atoms with E-state index in [4.69, 9.17) is 11.0 Å². The maximum atomic E-state index is 10.9. The van der Waals surface area contributed by atoms with E-state index in [0.29, 0.717) is 16.9 Å². The Morgan fingerprint density at radius 3 is 1.68 bits per heavy atom. The van der Waals surface area contributed by atoms with Gasteiger partial charge in [-0.1, -0.05) is 91.0 Å². The van der Waals surface area contributed by atoms with Crippen LogP contribution in [-0.2, 0) is 0 Å². The van der Waals surface area contributed by atoms with E-state index >= 15 is 0 Å². The van der Waals surface area contributed by atoms with Crippen molar-refractivity contribution >= 4 is 93.0 Å². The Bertz CT molecular complexity index is 3660. The Morgan fingerprint density at radius 1 is 0.464 bits per heavy atom. The van der Waals surface area contributed by atoms with E-state index in [-0.39, 0.29) is 0 Å². The molecule has 0 spiro atoms. The Morgan fingerprint density at radius 2 is 1.00 bits per heavy atom. The highest BCUT2D eigenvalue weighted by Crippen LogP contribution is 2.44. The predicted molar refractivity (Wildman–Crippen MR) is 228 cm³/mol. The van der Waals surface area contributed by atoms with E-state index in [1.165, 1.54) is 10.8 Å². The van der Waals surface area contributed by atoms with Gasteiger partial charge in [0.25, 0.3) is 0 Å². The molecule has 6 nitrogen and oxygen atoms in total. The van der Waals surface area contributed by atoms with E-state index in [1.54, 1.807) is 0 Å². The number of nitriles is 1. The van der Waals surface area contributed by atoms with Gasteiger partial charge in [-0.3, -0.25) is 0 Å². The van der Waals surface area contributed by atoms with Gasteiger partial charge in [-0.2, -0.15) is 5.26 Å². The molecule has 4 aromatic heterocycles. The molecular weight excluding hydrogens is 687 g/mol. The fourth-order valence-corrected chi connectivity index (χ4v) is 9.19. The van der Waals surface area contributed by atoms with Crippen molar-refractivity contribution in [3.63, 3.8) is 0 Å². The van der Waals surface area contributed by atoms with Gasteiger partial charge in [-0.05, 0) is 72.8 Å². The first-order valence-electron chi connectivity index (χ1n) is 18.5. The topological polar surface area (TPSA) is 56.1 Å². The minimum Gasteiger partial charge on any atom is -0.455 e. The number of hydrogen-bond donors (Lipinski definition) is 0. The first kappa shape index (κ1) is 30.4. The minimum atomic E-state index is 0.393. The molecule has 258 valence electrons. The maximum Gasteiger partial charge on any atom is 0.214 e. The first-order chi connectivity index (χ1) is 27.7. The molecule has 0 atom stereocenters. The summed E-state index contributed by atoms with van der Waals surface area (Å²) >= 11 is 0. The number of benzene rings is 8. The van der Waals surface area contributed by atoms with Crippen LogP contribution in [0.5, 0.6) is 0 Å². The molecule has 12 rings (SSSR count). The smallest absolute Gasteiger partial charge is 0.214 e. The maximum absolute atomic E-state index is 10.9. The molecule has 0 saturated carbocycles. The summed E-state index contributed by atoms with van der Waals surface area (Å²) in [6, 6.07) is 58.8. The zero-order chi connectivity index (χ0) is 37.1. The average molecular weight is 714 g/mol. The van der Waals surface area contributed by atoms with Crippen LogP contribution in [0.3, 0.4) is 0 Å². The summed E-state index contributed by atoms with van der Waals surface area (Å²) in [7, 11) is 0. The van der Waals surface area contributed by atoms with Gasteiger partial charge in [0, 0.05) is 49.1 Å². The number of rotatable bonds is 3. The van der Waals surface area contributed by atoms with Crippen LogP contribution >= 0.6 is 0 Å². The van der Waals surface area contributed by atoms with Gasteiger partial charge in [-0.15, -0.1) is 0 Å². The molecule has 6 heteroatoms. The Hall–Kier alpha value is -8.06. The highest BCUT2D eigenvalue weighted by atomic mass is 16.3. The number of aromatic nitrogens is 3. The Balaban J connectivity index is 1.11. The second kappa shape index (κ2) is 11.2. The number of para-hydroxylation sites is 5. The first-order valence-corrected chi connectivity index (χ1v) is 18.5. The zero-order valence-corrected chi connectivity index (χ0v) is 29.7. The predicted octanol–water partition coefficient (Wildman–Crippen LogP) is 13.3. The van der Waals surface area contributed by atoms with Gasteiger partial charge in [-0.25, -0.2) is 4.85 Å². The Kier molecular flexibility index (Phi) is 6.10. The van der Waals surface area contributed by atoms with Crippen LogP contribution in [0.1, 0.15) is 5.56 Å². The van der Waals surface area contributed by atoms with Crippen LogP contribution in [0, 0.1) is 17.9 Å². The molecule has 0 aliphatic heterocycles. The summed E-state index contributed by atoms with van der Waals surface area (Å²) in [6.07, 6.45) is 0. The molecule has 0 saturated heterocycles. The summed E-state index contributed by atoms with van der Waals surface area (Å²) in [5.74, 6) is 0. The molecule has 0 radical (unpaired) electrons. The molecule has 0 fully saturated rings.